The Morgan fingerprint density at radius 2 is 1.96 bits per heavy atom. The van der Waals surface area contributed by atoms with Crippen molar-refractivity contribution in [2.45, 2.75) is 46.1 Å². The second-order valence-corrected chi connectivity index (χ2v) is 7.41. The molecule has 0 radical (unpaired) electrons. The molecule has 1 amide bonds. The van der Waals surface area contributed by atoms with Gasteiger partial charge in [-0.25, -0.2) is 4.79 Å². The maximum absolute atomic E-state index is 12.7. The minimum Gasteiger partial charge on any atom is -0.444 e. The number of hydrogen-bond acceptors (Lipinski definition) is 3. The lowest BCUT2D eigenvalue weighted by Gasteiger charge is -2.27. The smallest absolute Gasteiger partial charge is 0.410 e. The van der Waals surface area contributed by atoms with E-state index in [4.69, 9.17) is 9.47 Å². The van der Waals surface area contributed by atoms with Crippen LogP contribution in [0, 0.1) is 0 Å². The van der Waals surface area contributed by atoms with Gasteiger partial charge in [0.15, 0.2) is 0 Å². The summed E-state index contributed by atoms with van der Waals surface area (Å²) in [7, 11) is 1.67. The zero-order valence-corrected chi connectivity index (χ0v) is 16.8. The van der Waals surface area contributed by atoms with Crippen LogP contribution >= 0.6 is 0 Å². The van der Waals surface area contributed by atoms with Crippen LogP contribution in [0.5, 0.6) is 0 Å². The summed E-state index contributed by atoms with van der Waals surface area (Å²) in [6.07, 6.45) is 3.98. The zero-order chi connectivity index (χ0) is 20.0. The van der Waals surface area contributed by atoms with Crippen molar-refractivity contribution < 1.29 is 14.3 Å². The molecule has 146 valence electrons. The lowest BCUT2D eigenvalue weighted by atomic mass is 10.1. The molecule has 1 heterocycles. The largest absolute Gasteiger partial charge is 0.444 e. The number of methoxy groups -OCH3 is 1. The van der Waals surface area contributed by atoms with Gasteiger partial charge in [-0.3, -0.25) is 0 Å². The number of nitrogens with zero attached hydrogens (tertiary/aromatic N) is 2. The van der Waals surface area contributed by atoms with Crippen LogP contribution in [0.1, 0.15) is 38.4 Å². The first-order valence-electron chi connectivity index (χ1n) is 9.12. The molecule has 0 aliphatic carbocycles. The molecule has 0 aliphatic rings. The van der Waals surface area contributed by atoms with Crippen LogP contribution < -0.4 is 0 Å². The van der Waals surface area contributed by atoms with Gasteiger partial charge in [-0.1, -0.05) is 30.9 Å². The van der Waals surface area contributed by atoms with Crippen molar-refractivity contribution in [3.05, 3.63) is 54.8 Å². The van der Waals surface area contributed by atoms with Crippen LogP contribution in [0.25, 0.3) is 17.0 Å². The van der Waals surface area contributed by atoms with Crippen molar-refractivity contribution in [1.82, 2.24) is 9.47 Å². The molecule has 0 atom stereocenters. The Morgan fingerprint density at radius 3 is 2.56 bits per heavy atom. The predicted octanol–water partition coefficient (Wildman–Crippen LogP) is 5.20. The van der Waals surface area contributed by atoms with Crippen molar-refractivity contribution in [3.63, 3.8) is 0 Å². The second-order valence-electron chi connectivity index (χ2n) is 7.41. The molecule has 27 heavy (non-hydrogen) atoms. The van der Waals surface area contributed by atoms with E-state index in [9.17, 15) is 4.79 Å². The number of rotatable bonds is 8. The molecule has 2 rings (SSSR count). The molecule has 2 aromatic rings. The lowest BCUT2D eigenvalue weighted by Crippen LogP contribution is -2.37. The standard InChI is InChI=1S/C22H30N2O3/c1-7-9-14-23(21(25)27-22(3,4)5)15-18-17-12-10-11-13-20(17)24(16-26-6)19(18)8-2/h7-8,10-13H,1-2,9,14-16H2,3-6H3. The molecule has 0 aliphatic heterocycles. The second kappa shape index (κ2) is 8.91. The summed E-state index contributed by atoms with van der Waals surface area (Å²) < 4.78 is 13.0. The molecule has 0 fully saturated rings. The van der Waals surface area contributed by atoms with Crippen molar-refractivity contribution in [3.8, 4) is 0 Å². The number of carbonyl (C=O) groups excluding carboxylic acids is 1. The highest BCUT2D eigenvalue weighted by Crippen LogP contribution is 2.29. The van der Waals surface area contributed by atoms with Crippen LogP contribution in [-0.2, 0) is 22.7 Å². The molecule has 5 heteroatoms. The molecule has 0 spiro atoms. The minimum atomic E-state index is -0.547. The number of amides is 1. The summed E-state index contributed by atoms with van der Waals surface area (Å²) in [6.45, 7) is 14.8. The SMILES string of the molecule is C=CCCN(Cc1c(C=C)n(COC)c2ccccc12)C(=O)OC(C)(C)C. The van der Waals surface area contributed by atoms with Gasteiger partial charge in [-0.15, -0.1) is 6.58 Å². The highest BCUT2D eigenvalue weighted by molar-refractivity contribution is 5.88. The Bertz CT molecular complexity index is 815. The maximum Gasteiger partial charge on any atom is 0.410 e. The van der Waals surface area contributed by atoms with Crippen LogP contribution in [-0.4, -0.2) is 34.8 Å². The van der Waals surface area contributed by atoms with E-state index in [2.05, 4.69) is 23.8 Å². The fourth-order valence-corrected chi connectivity index (χ4v) is 3.06. The Balaban J connectivity index is 2.47. The summed E-state index contributed by atoms with van der Waals surface area (Å²) in [5.41, 5.74) is 2.49. The number of ether oxygens (including phenoxy) is 2. The van der Waals surface area contributed by atoms with E-state index in [-0.39, 0.29) is 6.09 Å². The van der Waals surface area contributed by atoms with Crippen molar-refractivity contribution in [2.24, 2.45) is 0 Å². The van der Waals surface area contributed by atoms with Crippen molar-refractivity contribution in [1.29, 1.82) is 0 Å². The molecule has 0 saturated carbocycles. The first-order chi connectivity index (χ1) is 12.8. The summed E-state index contributed by atoms with van der Waals surface area (Å²) in [5.74, 6) is 0. The topological polar surface area (TPSA) is 43.7 Å². The molecule has 0 N–H and O–H groups in total. The molecular formula is C22H30N2O3. The fraction of sp³-hybridized carbons (Fsp3) is 0.409. The molecule has 1 aromatic carbocycles. The predicted molar refractivity (Wildman–Crippen MR) is 110 cm³/mol. The molecule has 0 unspecified atom stereocenters. The summed E-state index contributed by atoms with van der Waals surface area (Å²) in [4.78, 5) is 14.5. The van der Waals surface area contributed by atoms with E-state index < -0.39 is 5.60 Å². The van der Waals surface area contributed by atoms with Gasteiger partial charge in [0.2, 0.25) is 0 Å². The lowest BCUT2D eigenvalue weighted by molar-refractivity contribution is 0.0237. The third kappa shape index (κ3) is 5.01. The molecule has 5 nitrogen and oxygen atoms in total. The van der Waals surface area contributed by atoms with Crippen molar-refractivity contribution >= 4 is 23.1 Å². The highest BCUT2D eigenvalue weighted by atomic mass is 16.6. The molecule has 0 saturated heterocycles. The van der Waals surface area contributed by atoms with Gasteiger partial charge >= 0.3 is 6.09 Å². The molecular weight excluding hydrogens is 340 g/mol. The highest BCUT2D eigenvalue weighted by Gasteiger charge is 2.24. The van der Waals surface area contributed by atoms with E-state index in [1.165, 1.54) is 0 Å². The van der Waals surface area contributed by atoms with Gasteiger partial charge in [-0.2, -0.15) is 0 Å². The van der Waals surface area contributed by atoms with Gasteiger partial charge in [0.1, 0.15) is 12.3 Å². The zero-order valence-electron chi connectivity index (χ0n) is 16.8. The quantitative estimate of drug-likeness (QED) is 0.600. The van der Waals surface area contributed by atoms with Crippen LogP contribution in [0.2, 0.25) is 0 Å². The van der Waals surface area contributed by atoms with Gasteiger partial charge in [0.25, 0.3) is 0 Å². The van der Waals surface area contributed by atoms with Crippen LogP contribution in [0.3, 0.4) is 0 Å². The Kier molecular flexibility index (Phi) is 6.86. The molecule has 0 bridgehead atoms. The van der Waals surface area contributed by atoms with Gasteiger partial charge in [0, 0.05) is 30.3 Å². The van der Waals surface area contributed by atoms with Crippen LogP contribution in [0.15, 0.2) is 43.5 Å². The number of aromatic nitrogens is 1. The van der Waals surface area contributed by atoms with E-state index in [0.29, 0.717) is 26.2 Å². The van der Waals surface area contributed by atoms with Gasteiger partial charge in [0.05, 0.1) is 12.1 Å². The van der Waals surface area contributed by atoms with Gasteiger partial charge < -0.3 is 18.9 Å². The number of benzene rings is 1. The number of fused-ring (bicyclic) bond motifs is 1. The third-order valence-corrected chi connectivity index (χ3v) is 4.18. The Morgan fingerprint density at radius 1 is 1.26 bits per heavy atom. The maximum atomic E-state index is 12.7. The Hall–Kier alpha value is -2.53. The van der Waals surface area contributed by atoms with Crippen molar-refractivity contribution in [2.75, 3.05) is 13.7 Å². The average molecular weight is 370 g/mol. The summed E-state index contributed by atoms with van der Waals surface area (Å²) in [6, 6.07) is 8.10. The van der Waals surface area contributed by atoms with E-state index in [0.717, 1.165) is 22.2 Å². The third-order valence-electron chi connectivity index (χ3n) is 4.18. The fourth-order valence-electron chi connectivity index (χ4n) is 3.06. The number of hydrogen-bond donors (Lipinski definition) is 0. The average Bonchev–Trinajstić information content (AvgIpc) is 2.90. The first kappa shape index (κ1) is 20.8. The van der Waals surface area contributed by atoms with E-state index >= 15 is 0 Å². The van der Waals surface area contributed by atoms with Gasteiger partial charge in [-0.05, 0) is 39.3 Å². The Labute approximate surface area is 161 Å². The first-order valence-corrected chi connectivity index (χ1v) is 9.12. The normalized spacial score (nSPS) is 11.4. The number of carbonyl (C=O) groups is 1. The summed E-state index contributed by atoms with van der Waals surface area (Å²) >= 11 is 0. The van der Waals surface area contributed by atoms with E-state index in [1.807, 2.05) is 45.0 Å². The minimum absolute atomic E-state index is 0.331. The number of para-hydroxylation sites is 1. The molecule has 1 aromatic heterocycles. The monoisotopic (exact) mass is 370 g/mol. The van der Waals surface area contributed by atoms with E-state index in [1.54, 1.807) is 18.1 Å². The van der Waals surface area contributed by atoms with Crippen LogP contribution in [0.4, 0.5) is 4.79 Å². The summed E-state index contributed by atoms with van der Waals surface area (Å²) in [5, 5.41) is 1.08.